The van der Waals surface area contributed by atoms with Crippen LogP contribution in [0.1, 0.15) is 23.8 Å². The van der Waals surface area contributed by atoms with Crippen LogP contribution in [0.25, 0.3) is 0 Å². The topological polar surface area (TPSA) is 58.4 Å². The molecule has 1 heterocycles. The van der Waals surface area contributed by atoms with E-state index in [0.717, 1.165) is 24.3 Å². The quantitative estimate of drug-likeness (QED) is 0.720. The summed E-state index contributed by atoms with van der Waals surface area (Å²) in [6, 6.07) is 3.27. The number of hydrogen-bond donors (Lipinski definition) is 2. The highest BCUT2D eigenvalue weighted by Crippen LogP contribution is 2.16. The lowest BCUT2D eigenvalue weighted by atomic mass is 10.2. The van der Waals surface area contributed by atoms with Gasteiger partial charge in [-0.15, -0.1) is 11.3 Å². The maximum Gasteiger partial charge on any atom is 0.242 e. The Kier molecular flexibility index (Phi) is 6.18. The first kappa shape index (κ1) is 14.2. The number of nitrogens with two attached hydrogens (primary N) is 1. The number of nitrogens with zero attached hydrogens (tertiary/aromatic N) is 1. The highest BCUT2D eigenvalue weighted by molar-refractivity contribution is 7.10. The molecule has 0 bridgehead atoms. The molecule has 0 aliphatic heterocycles. The van der Waals surface area contributed by atoms with Gasteiger partial charge in [0.1, 0.15) is 6.04 Å². The van der Waals surface area contributed by atoms with Crippen LogP contribution in [0.5, 0.6) is 0 Å². The van der Waals surface area contributed by atoms with Crippen molar-refractivity contribution in [1.82, 2.24) is 10.2 Å². The molecule has 0 fully saturated rings. The Bertz CT molecular complexity index is 325. The molecule has 1 unspecified atom stereocenters. The summed E-state index contributed by atoms with van der Waals surface area (Å²) in [6.07, 6.45) is 2.07. The van der Waals surface area contributed by atoms with Crippen LogP contribution in [-0.4, -0.2) is 38.0 Å². The van der Waals surface area contributed by atoms with Gasteiger partial charge in [0.15, 0.2) is 0 Å². The molecule has 1 rings (SSSR count). The van der Waals surface area contributed by atoms with Gasteiger partial charge in [-0.1, -0.05) is 6.07 Å². The molecule has 1 aromatic rings. The van der Waals surface area contributed by atoms with Gasteiger partial charge in [0.05, 0.1) is 0 Å². The minimum Gasteiger partial charge on any atom is -0.354 e. The molecule has 1 atom stereocenters. The number of amides is 1. The van der Waals surface area contributed by atoms with Crippen molar-refractivity contribution < 1.29 is 4.79 Å². The number of nitrogens with one attached hydrogen (secondary N) is 1. The summed E-state index contributed by atoms with van der Waals surface area (Å²) in [5.74, 6) is -0.0858. The van der Waals surface area contributed by atoms with E-state index in [1.54, 1.807) is 0 Å². The third kappa shape index (κ3) is 5.30. The van der Waals surface area contributed by atoms with Crippen LogP contribution in [-0.2, 0) is 4.79 Å². The molecule has 1 aromatic heterocycles. The van der Waals surface area contributed by atoms with E-state index in [9.17, 15) is 4.79 Å². The molecule has 0 saturated heterocycles. The van der Waals surface area contributed by atoms with Crippen molar-refractivity contribution >= 4 is 17.2 Å². The predicted octanol–water partition coefficient (Wildman–Crippen LogP) is 1.21. The third-order valence-electron chi connectivity index (χ3n) is 2.46. The van der Waals surface area contributed by atoms with Crippen LogP contribution in [0, 0.1) is 0 Å². The van der Waals surface area contributed by atoms with Crippen molar-refractivity contribution in [3.63, 3.8) is 0 Å². The number of carbonyl (C=O) groups excluding carboxylic acids is 1. The number of unbranched alkanes of at least 4 members (excludes halogenated alkanes) is 1. The minimum atomic E-state index is -0.524. The van der Waals surface area contributed by atoms with E-state index in [0.29, 0.717) is 6.54 Å². The van der Waals surface area contributed by atoms with Crippen molar-refractivity contribution in [2.24, 2.45) is 5.73 Å². The van der Waals surface area contributed by atoms with Gasteiger partial charge in [0.25, 0.3) is 0 Å². The number of thiophene rings is 1. The Hall–Kier alpha value is -0.910. The van der Waals surface area contributed by atoms with E-state index in [-0.39, 0.29) is 5.91 Å². The van der Waals surface area contributed by atoms with Gasteiger partial charge >= 0.3 is 0 Å². The van der Waals surface area contributed by atoms with Crippen LogP contribution in [0.2, 0.25) is 0 Å². The standard InChI is InChI=1S/C12H21N3OS/c1-15(2)8-4-3-7-14-12(16)11(13)10-6-5-9-17-10/h5-6,9,11H,3-4,7-8,13H2,1-2H3,(H,14,16). The van der Waals surface area contributed by atoms with Crippen molar-refractivity contribution in [3.05, 3.63) is 22.4 Å². The average Bonchev–Trinajstić information content (AvgIpc) is 2.80. The van der Waals surface area contributed by atoms with Crippen LogP contribution in [0.4, 0.5) is 0 Å². The molecule has 3 N–H and O–H groups in total. The highest BCUT2D eigenvalue weighted by Gasteiger charge is 2.15. The Morgan fingerprint density at radius 3 is 2.88 bits per heavy atom. The van der Waals surface area contributed by atoms with E-state index < -0.39 is 6.04 Å². The minimum absolute atomic E-state index is 0.0858. The fraction of sp³-hybridized carbons (Fsp3) is 0.583. The van der Waals surface area contributed by atoms with Gasteiger partial charge < -0.3 is 16.0 Å². The fourth-order valence-electron chi connectivity index (χ4n) is 1.47. The molecule has 4 nitrogen and oxygen atoms in total. The van der Waals surface area contributed by atoms with Crippen LogP contribution in [0.3, 0.4) is 0 Å². The van der Waals surface area contributed by atoms with Gasteiger partial charge in [-0.05, 0) is 44.9 Å². The molecule has 0 spiro atoms. The second-order valence-corrected chi connectivity index (χ2v) is 5.27. The zero-order valence-corrected chi connectivity index (χ0v) is 11.3. The molecule has 17 heavy (non-hydrogen) atoms. The molecule has 0 aromatic carbocycles. The van der Waals surface area contributed by atoms with Crippen molar-refractivity contribution in [2.45, 2.75) is 18.9 Å². The van der Waals surface area contributed by atoms with Crippen LogP contribution < -0.4 is 11.1 Å². The summed E-state index contributed by atoms with van der Waals surface area (Å²) in [4.78, 5) is 14.7. The lowest BCUT2D eigenvalue weighted by molar-refractivity contribution is -0.122. The summed E-state index contributed by atoms with van der Waals surface area (Å²) in [6.45, 7) is 1.75. The van der Waals surface area contributed by atoms with Crippen LogP contribution >= 0.6 is 11.3 Å². The molecule has 0 aliphatic carbocycles. The van der Waals surface area contributed by atoms with E-state index in [2.05, 4.69) is 10.2 Å². The molecule has 1 amide bonds. The van der Waals surface area contributed by atoms with Gasteiger partial charge in [0, 0.05) is 11.4 Å². The summed E-state index contributed by atoms with van der Waals surface area (Å²) in [7, 11) is 4.09. The van der Waals surface area contributed by atoms with E-state index in [1.165, 1.54) is 11.3 Å². The normalized spacial score (nSPS) is 12.7. The third-order valence-corrected chi connectivity index (χ3v) is 3.42. The van der Waals surface area contributed by atoms with E-state index in [4.69, 9.17) is 5.73 Å². The van der Waals surface area contributed by atoms with E-state index in [1.807, 2.05) is 31.6 Å². The summed E-state index contributed by atoms with van der Waals surface area (Å²) < 4.78 is 0. The van der Waals surface area contributed by atoms with E-state index >= 15 is 0 Å². The Morgan fingerprint density at radius 2 is 2.29 bits per heavy atom. The maximum atomic E-state index is 11.7. The lowest BCUT2D eigenvalue weighted by Crippen LogP contribution is -2.34. The van der Waals surface area contributed by atoms with Crippen molar-refractivity contribution in [1.29, 1.82) is 0 Å². The zero-order valence-electron chi connectivity index (χ0n) is 10.5. The number of hydrogen-bond acceptors (Lipinski definition) is 4. The maximum absolute atomic E-state index is 11.7. The van der Waals surface area contributed by atoms with Crippen LogP contribution in [0.15, 0.2) is 17.5 Å². The smallest absolute Gasteiger partial charge is 0.242 e. The highest BCUT2D eigenvalue weighted by atomic mass is 32.1. The zero-order chi connectivity index (χ0) is 12.7. The first-order chi connectivity index (χ1) is 8.11. The second kappa shape index (κ2) is 7.42. The number of carbonyl (C=O) groups is 1. The molecule has 96 valence electrons. The molecule has 0 aliphatic rings. The van der Waals surface area contributed by atoms with Gasteiger partial charge in [-0.25, -0.2) is 0 Å². The molecular formula is C12H21N3OS. The molecule has 0 saturated carbocycles. The van der Waals surface area contributed by atoms with Crippen molar-refractivity contribution in [2.75, 3.05) is 27.2 Å². The first-order valence-electron chi connectivity index (χ1n) is 5.82. The van der Waals surface area contributed by atoms with Crippen molar-refractivity contribution in [3.8, 4) is 0 Å². The molecular weight excluding hydrogens is 234 g/mol. The molecule has 5 heteroatoms. The largest absolute Gasteiger partial charge is 0.354 e. The lowest BCUT2D eigenvalue weighted by Gasteiger charge is -2.12. The SMILES string of the molecule is CN(C)CCCCNC(=O)C(N)c1cccs1. The summed E-state index contributed by atoms with van der Waals surface area (Å²) in [5, 5.41) is 4.80. The van der Waals surface area contributed by atoms with Gasteiger partial charge in [-0.3, -0.25) is 4.79 Å². The Labute approximate surface area is 107 Å². The number of rotatable bonds is 7. The Balaban J connectivity index is 2.17. The Morgan fingerprint density at radius 1 is 1.53 bits per heavy atom. The molecule has 0 radical (unpaired) electrons. The van der Waals surface area contributed by atoms with Gasteiger partial charge in [0.2, 0.25) is 5.91 Å². The second-order valence-electron chi connectivity index (χ2n) is 4.29. The monoisotopic (exact) mass is 255 g/mol. The summed E-state index contributed by atoms with van der Waals surface area (Å²) >= 11 is 1.51. The van der Waals surface area contributed by atoms with Gasteiger partial charge in [-0.2, -0.15) is 0 Å². The summed E-state index contributed by atoms with van der Waals surface area (Å²) in [5.41, 5.74) is 5.84. The fourth-order valence-corrected chi connectivity index (χ4v) is 2.20. The first-order valence-corrected chi connectivity index (χ1v) is 6.70. The average molecular weight is 255 g/mol. The predicted molar refractivity (Wildman–Crippen MR) is 72.0 cm³/mol.